The number of urea groups is 1. The molecular formula is C23H34N8O2. The molecule has 33 heavy (non-hydrogen) atoms. The van der Waals surface area contributed by atoms with Crippen molar-refractivity contribution in [2.75, 3.05) is 24.2 Å². The molecular weight excluding hydrogens is 420 g/mol. The standard InChI is InChI=1S/C23H34N8O2/c1-14(32)26-16-8-9-17(15(10-16)12-24-7)27-21(33)25-13-23(5,6)20-29-28-19-11-18(22(2,3)4)30-31(19)20/h8-11,24,30H,12-13H2,1-7H3,(H,26,32)(H2,25,27,33). The minimum atomic E-state index is -0.472. The molecule has 10 nitrogen and oxygen atoms in total. The van der Waals surface area contributed by atoms with E-state index in [1.54, 1.807) is 12.1 Å². The zero-order valence-corrected chi connectivity index (χ0v) is 20.4. The third-order valence-corrected chi connectivity index (χ3v) is 5.34. The summed E-state index contributed by atoms with van der Waals surface area (Å²) in [6.07, 6.45) is 0. The maximum Gasteiger partial charge on any atom is 0.319 e. The highest BCUT2D eigenvalue weighted by molar-refractivity contribution is 5.92. The predicted octanol–water partition coefficient (Wildman–Crippen LogP) is 3.13. The summed E-state index contributed by atoms with van der Waals surface area (Å²) >= 11 is 0. The maximum atomic E-state index is 12.7. The molecule has 1 aromatic carbocycles. The molecule has 0 saturated heterocycles. The fourth-order valence-corrected chi connectivity index (χ4v) is 3.48. The first-order valence-electron chi connectivity index (χ1n) is 11.0. The quantitative estimate of drug-likeness (QED) is 0.375. The second-order valence-corrected chi connectivity index (χ2v) is 9.91. The van der Waals surface area contributed by atoms with E-state index in [0.717, 1.165) is 22.7 Å². The highest BCUT2D eigenvalue weighted by Gasteiger charge is 2.29. The number of aromatic amines is 1. The van der Waals surface area contributed by atoms with Gasteiger partial charge in [-0.25, -0.2) is 9.31 Å². The van der Waals surface area contributed by atoms with Crippen LogP contribution in [0.4, 0.5) is 16.2 Å². The number of aromatic nitrogens is 4. The van der Waals surface area contributed by atoms with Crippen LogP contribution < -0.4 is 21.3 Å². The molecule has 3 amide bonds. The topological polar surface area (TPSA) is 128 Å². The van der Waals surface area contributed by atoms with Crippen molar-refractivity contribution in [3.05, 3.63) is 41.3 Å². The molecule has 0 bridgehead atoms. The number of anilines is 2. The molecule has 2 heterocycles. The average molecular weight is 455 g/mol. The fourth-order valence-electron chi connectivity index (χ4n) is 3.48. The van der Waals surface area contributed by atoms with Crippen molar-refractivity contribution in [1.82, 2.24) is 30.4 Å². The lowest BCUT2D eigenvalue weighted by molar-refractivity contribution is -0.114. The Kier molecular flexibility index (Phi) is 6.78. The van der Waals surface area contributed by atoms with Gasteiger partial charge >= 0.3 is 6.03 Å². The van der Waals surface area contributed by atoms with Crippen molar-refractivity contribution in [1.29, 1.82) is 0 Å². The number of carbonyl (C=O) groups is 2. The van der Waals surface area contributed by atoms with Crippen molar-refractivity contribution < 1.29 is 9.59 Å². The van der Waals surface area contributed by atoms with E-state index in [0.29, 0.717) is 24.5 Å². The molecule has 3 aromatic rings. The summed E-state index contributed by atoms with van der Waals surface area (Å²) in [7, 11) is 1.82. The third kappa shape index (κ3) is 5.70. The molecule has 0 aliphatic rings. The van der Waals surface area contributed by atoms with Crippen LogP contribution in [-0.4, -0.2) is 45.3 Å². The fraction of sp³-hybridized carbons (Fsp3) is 0.478. The number of amides is 3. The number of carbonyl (C=O) groups excluding carboxylic acids is 2. The van der Waals surface area contributed by atoms with Crippen molar-refractivity contribution in [3.63, 3.8) is 0 Å². The van der Waals surface area contributed by atoms with Gasteiger partial charge in [0.25, 0.3) is 0 Å². The SMILES string of the molecule is CNCc1cc(NC(C)=O)ccc1NC(=O)NCC(C)(C)c1nnc2cc(C(C)(C)C)[nH]n12. The van der Waals surface area contributed by atoms with E-state index in [1.807, 2.05) is 37.5 Å². The number of H-pyrrole nitrogens is 1. The van der Waals surface area contributed by atoms with Gasteiger partial charge in [0, 0.05) is 54.0 Å². The second-order valence-electron chi connectivity index (χ2n) is 9.91. The van der Waals surface area contributed by atoms with Crippen LogP contribution in [0, 0.1) is 0 Å². The van der Waals surface area contributed by atoms with Gasteiger partial charge in [-0.2, -0.15) is 0 Å². The Morgan fingerprint density at radius 1 is 1.06 bits per heavy atom. The van der Waals surface area contributed by atoms with Crippen LogP contribution >= 0.6 is 0 Å². The molecule has 0 unspecified atom stereocenters. The van der Waals surface area contributed by atoms with E-state index in [9.17, 15) is 9.59 Å². The van der Waals surface area contributed by atoms with Gasteiger partial charge in [-0.1, -0.05) is 34.6 Å². The van der Waals surface area contributed by atoms with Gasteiger partial charge in [-0.05, 0) is 30.8 Å². The highest BCUT2D eigenvalue weighted by Crippen LogP contribution is 2.26. The summed E-state index contributed by atoms with van der Waals surface area (Å²) in [6, 6.07) is 7.04. The maximum absolute atomic E-state index is 12.7. The highest BCUT2D eigenvalue weighted by atomic mass is 16.2. The van der Waals surface area contributed by atoms with E-state index in [1.165, 1.54) is 6.92 Å². The van der Waals surface area contributed by atoms with Crippen LogP contribution in [-0.2, 0) is 22.2 Å². The zero-order chi connectivity index (χ0) is 24.4. The van der Waals surface area contributed by atoms with Gasteiger partial charge in [0.15, 0.2) is 11.5 Å². The van der Waals surface area contributed by atoms with Gasteiger partial charge in [-0.15, -0.1) is 10.2 Å². The summed E-state index contributed by atoms with van der Waals surface area (Å²) in [6.45, 7) is 12.8. The molecule has 178 valence electrons. The molecule has 5 N–H and O–H groups in total. The van der Waals surface area contributed by atoms with Crippen molar-refractivity contribution >= 4 is 29.0 Å². The predicted molar refractivity (Wildman–Crippen MR) is 130 cm³/mol. The number of benzene rings is 1. The first kappa shape index (κ1) is 24.2. The van der Waals surface area contributed by atoms with Crippen molar-refractivity contribution in [2.45, 2.75) is 58.9 Å². The summed E-state index contributed by atoms with van der Waals surface area (Å²) in [5.41, 5.74) is 3.51. The van der Waals surface area contributed by atoms with Crippen LogP contribution in [0.3, 0.4) is 0 Å². The summed E-state index contributed by atoms with van der Waals surface area (Å²) in [5, 5.41) is 23.7. The lowest BCUT2D eigenvalue weighted by Crippen LogP contribution is -2.40. The lowest BCUT2D eigenvalue weighted by atomic mass is 9.92. The normalized spacial score (nSPS) is 12.1. The second kappa shape index (κ2) is 9.22. The number of nitrogens with one attached hydrogen (secondary N) is 5. The van der Waals surface area contributed by atoms with Gasteiger partial charge in [-0.3, -0.25) is 9.89 Å². The van der Waals surface area contributed by atoms with Crippen molar-refractivity contribution in [2.24, 2.45) is 0 Å². The minimum absolute atomic E-state index is 0.0409. The van der Waals surface area contributed by atoms with E-state index >= 15 is 0 Å². The number of hydrogen-bond donors (Lipinski definition) is 5. The van der Waals surface area contributed by atoms with Gasteiger partial charge in [0.1, 0.15) is 0 Å². The van der Waals surface area contributed by atoms with Gasteiger partial charge < -0.3 is 21.3 Å². The monoisotopic (exact) mass is 454 g/mol. The van der Waals surface area contributed by atoms with Gasteiger partial charge in [0.2, 0.25) is 5.91 Å². The van der Waals surface area contributed by atoms with E-state index in [-0.39, 0.29) is 17.4 Å². The summed E-state index contributed by atoms with van der Waals surface area (Å²) in [5.74, 6) is 0.592. The summed E-state index contributed by atoms with van der Waals surface area (Å²) < 4.78 is 1.88. The summed E-state index contributed by atoms with van der Waals surface area (Å²) in [4.78, 5) is 24.0. The van der Waals surface area contributed by atoms with E-state index in [4.69, 9.17) is 0 Å². The first-order chi connectivity index (χ1) is 15.4. The number of fused-ring (bicyclic) bond motifs is 1. The molecule has 0 aliphatic heterocycles. The molecule has 2 aromatic heterocycles. The molecule has 0 saturated carbocycles. The van der Waals surface area contributed by atoms with Crippen LogP contribution in [0.5, 0.6) is 0 Å². The average Bonchev–Trinajstić information content (AvgIpc) is 3.29. The van der Waals surface area contributed by atoms with E-state index in [2.05, 4.69) is 57.3 Å². The Hall–Kier alpha value is -3.40. The van der Waals surface area contributed by atoms with Crippen molar-refractivity contribution in [3.8, 4) is 0 Å². The molecule has 10 heteroatoms. The van der Waals surface area contributed by atoms with Crippen LogP contribution in [0.2, 0.25) is 0 Å². The molecule has 0 radical (unpaired) electrons. The lowest BCUT2D eigenvalue weighted by Gasteiger charge is -2.23. The number of hydrogen-bond acceptors (Lipinski definition) is 5. The Bertz CT molecular complexity index is 1150. The first-order valence-corrected chi connectivity index (χ1v) is 11.0. The largest absolute Gasteiger partial charge is 0.337 e. The third-order valence-electron chi connectivity index (χ3n) is 5.34. The number of rotatable bonds is 7. The number of nitrogens with zero attached hydrogens (tertiary/aromatic N) is 3. The van der Waals surface area contributed by atoms with Crippen LogP contribution in [0.1, 0.15) is 58.6 Å². The van der Waals surface area contributed by atoms with E-state index < -0.39 is 5.41 Å². The zero-order valence-electron chi connectivity index (χ0n) is 20.4. The van der Waals surface area contributed by atoms with Crippen LogP contribution in [0.25, 0.3) is 5.65 Å². The molecule has 0 spiro atoms. The van der Waals surface area contributed by atoms with Gasteiger partial charge in [0.05, 0.1) is 0 Å². The smallest absolute Gasteiger partial charge is 0.319 e. The minimum Gasteiger partial charge on any atom is -0.337 e. The molecule has 3 rings (SSSR count). The molecule has 0 fully saturated rings. The Balaban J connectivity index is 1.71. The van der Waals surface area contributed by atoms with Crippen LogP contribution in [0.15, 0.2) is 24.3 Å². The molecule has 0 atom stereocenters. The molecule has 0 aliphatic carbocycles. The Labute approximate surface area is 193 Å². The Morgan fingerprint density at radius 2 is 1.79 bits per heavy atom. The Morgan fingerprint density at radius 3 is 2.42 bits per heavy atom.